The summed E-state index contributed by atoms with van der Waals surface area (Å²) in [4.78, 5) is 38.2. The van der Waals surface area contributed by atoms with Gasteiger partial charge in [0.15, 0.2) is 6.10 Å². The number of allylic oxidation sites excluding steroid dienone is 22. The van der Waals surface area contributed by atoms with Gasteiger partial charge in [0.05, 0.1) is 0 Å². The molecule has 0 fully saturated rings. The number of carbonyl (C=O) groups is 3. The molecule has 0 saturated carbocycles. The van der Waals surface area contributed by atoms with E-state index >= 15 is 0 Å². The molecule has 0 aliphatic carbocycles. The molecule has 0 aliphatic rings. The standard InChI is InChI=1S/C75H124O6/c1-4-7-10-13-16-19-21-23-25-27-29-31-32-33-34-35-36-37-38-39-40-41-42-44-45-47-49-51-53-56-59-62-65-68-74(77)80-71-72(70-79-73(76)67-64-61-58-55-18-15-12-9-6-3)81-75(78)69-66-63-60-57-54-52-50-48-46-43-30-28-26-24-22-20-17-14-11-8-5-2/h7-8,10-11,16-17,19-20,23-26,29-31,33-34,36-37,39-40,43,72H,4-6,9,12-15,18,21-22,27-28,32,35,38,41-42,44-71H2,1-3H3/b10-7-,11-8-,19-16-,20-17-,25-23-,26-24-,31-29-,34-33-,37-36-,40-39-,43-30-. The number of esters is 3. The lowest BCUT2D eigenvalue weighted by atomic mass is 10.0. The van der Waals surface area contributed by atoms with Crippen LogP contribution in [0.4, 0.5) is 0 Å². The Morgan fingerprint density at radius 2 is 0.481 bits per heavy atom. The van der Waals surface area contributed by atoms with Crippen molar-refractivity contribution in [1.29, 1.82) is 0 Å². The van der Waals surface area contributed by atoms with Gasteiger partial charge in [-0.3, -0.25) is 14.4 Å². The predicted octanol–water partition coefficient (Wildman–Crippen LogP) is 23.3. The predicted molar refractivity (Wildman–Crippen MR) is 353 cm³/mol. The molecule has 81 heavy (non-hydrogen) atoms. The fourth-order valence-corrected chi connectivity index (χ4v) is 9.18. The Morgan fingerprint density at radius 1 is 0.259 bits per heavy atom. The van der Waals surface area contributed by atoms with Crippen molar-refractivity contribution >= 4 is 17.9 Å². The van der Waals surface area contributed by atoms with Crippen molar-refractivity contribution in [2.45, 2.75) is 309 Å². The van der Waals surface area contributed by atoms with E-state index in [1.165, 1.54) is 128 Å². The molecule has 0 aromatic rings. The molecule has 0 amide bonds. The molecule has 6 heteroatoms. The van der Waals surface area contributed by atoms with Gasteiger partial charge in [-0.05, 0) is 116 Å². The first kappa shape index (κ1) is 76.5. The summed E-state index contributed by atoms with van der Waals surface area (Å²) < 4.78 is 16.9. The maximum absolute atomic E-state index is 12.9. The molecule has 0 spiro atoms. The summed E-state index contributed by atoms with van der Waals surface area (Å²) in [5.74, 6) is -0.891. The van der Waals surface area contributed by atoms with Gasteiger partial charge in [0.1, 0.15) is 13.2 Å². The first-order valence-electron chi connectivity index (χ1n) is 33.7. The van der Waals surface area contributed by atoms with Crippen molar-refractivity contribution in [1.82, 2.24) is 0 Å². The summed E-state index contributed by atoms with van der Waals surface area (Å²) >= 11 is 0. The normalized spacial score (nSPS) is 13.0. The summed E-state index contributed by atoms with van der Waals surface area (Å²) in [7, 11) is 0. The van der Waals surface area contributed by atoms with Gasteiger partial charge in [0.2, 0.25) is 0 Å². The van der Waals surface area contributed by atoms with Crippen LogP contribution in [0.1, 0.15) is 303 Å². The first-order chi connectivity index (χ1) is 40.0. The topological polar surface area (TPSA) is 78.9 Å². The van der Waals surface area contributed by atoms with Gasteiger partial charge in [-0.15, -0.1) is 0 Å². The Bertz CT molecular complexity index is 1720. The van der Waals surface area contributed by atoms with E-state index in [2.05, 4.69) is 154 Å². The maximum Gasteiger partial charge on any atom is 0.306 e. The Morgan fingerprint density at radius 3 is 0.753 bits per heavy atom. The van der Waals surface area contributed by atoms with Gasteiger partial charge in [-0.2, -0.15) is 0 Å². The van der Waals surface area contributed by atoms with Crippen LogP contribution in [0.3, 0.4) is 0 Å². The minimum Gasteiger partial charge on any atom is -0.462 e. The molecule has 0 bridgehead atoms. The van der Waals surface area contributed by atoms with Crippen LogP contribution in [0.2, 0.25) is 0 Å². The van der Waals surface area contributed by atoms with Crippen LogP contribution in [0.25, 0.3) is 0 Å². The van der Waals surface area contributed by atoms with Gasteiger partial charge in [0.25, 0.3) is 0 Å². The monoisotopic (exact) mass is 1120 g/mol. The summed E-state index contributed by atoms with van der Waals surface area (Å²) in [6, 6.07) is 0. The fourth-order valence-electron chi connectivity index (χ4n) is 9.18. The maximum atomic E-state index is 12.9. The van der Waals surface area contributed by atoms with Crippen molar-refractivity contribution in [3.05, 3.63) is 134 Å². The molecule has 6 nitrogen and oxygen atoms in total. The third-order valence-corrected chi connectivity index (χ3v) is 14.2. The largest absolute Gasteiger partial charge is 0.462 e. The molecule has 1 unspecified atom stereocenters. The lowest BCUT2D eigenvalue weighted by Crippen LogP contribution is -2.30. The Kier molecular flexibility index (Phi) is 64.3. The highest BCUT2D eigenvalue weighted by atomic mass is 16.6. The Hall–Kier alpha value is -4.45. The van der Waals surface area contributed by atoms with Gasteiger partial charge in [-0.1, -0.05) is 302 Å². The van der Waals surface area contributed by atoms with Crippen molar-refractivity contribution in [3.63, 3.8) is 0 Å². The molecule has 1 atom stereocenters. The van der Waals surface area contributed by atoms with Gasteiger partial charge in [-0.25, -0.2) is 0 Å². The van der Waals surface area contributed by atoms with Crippen LogP contribution in [0.15, 0.2) is 134 Å². The molecule has 0 N–H and O–H groups in total. The molecular weight excluding hydrogens is 997 g/mol. The number of hydrogen-bond donors (Lipinski definition) is 0. The van der Waals surface area contributed by atoms with Crippen LogP contribution in [-0.4, -0.2) is 37.2 Å². The first-order valence-corrected chi connectivity index (χ1v) is 33.7. The second kappa shape index (κ2) is 68.1. The van der Waals surface area contributed by atoms with E-state index in [0.29, 0.717) is 19.3 Å². The van der Waals surface area contributed by atoms with E-state index in [-0.39, 0.29) is 31.1 Å². The zero-order chi connectivity index (χ0) is 58.5. The third kappa shape index (κ3) is 66.2. The average Bonchev–Trinajstić information content (AvgIpc) is 3.47. The molecule has 460 valence electrons. The lowest BCUT2D eigenvalue weighted by molar-refractivity contribution is -0.167. The summed E-state index contributed by atoms with van der Waals surface area (Å²) in [6.07, 6.45) is 96.2. The molecule has 0 aliphatic heterocycles. The second-order valence-corrected chi connectivity index (χ2v) is 22.0. The molecular formula is C75H124O6. The Labute approximate surface area is 500 Å². The summed E-state index contributed by atoms with van der Waals surface area (Å²) in [5, 5.41) is 0. The highest BCUT2D eigenvalue weighted by Gasteiger charge is 2.19. The van der Waals surface area contributed by atoms with E-state index in [0.717, 1.165) is 135 Å². The number of unbranched alkanes of at least 4 members (excludes halogenated alkanes) is 27. The molecule has 0 saturated heterocycles. The van der Waals surface area contributed by atoms with Crippen LogP contribution in [0, 0.1) is 0 Å². The van der Waals surface area contributed by atoms with Crippen LogP contribution in [0.5, 0.6) is 0 Å². The van der Waals surface area contributed by atoms with Crippen molar-refractivity contribution in [2.75, 3.05) is 13.2 Å². The minimum absolute atomic E-state index is 0.0821. The van der Waals surface area contributed by atoms with E-state index in [9.17, 15) is 14.4 Å². The van der Waals surface area contributed by atoms with Crippen LogP contribution >= 0.6 is 0 Å². The molecule has 0 heterocycles. The second-order valence-electron chi connectivity index (χ2n) is 22.0. The highest BCUT2D eigenvalue weighted by Crippen LogP contribution is 2.16. The van der Waals surface area contributed by atoms with Gasteiger partial charge < -0.3 is 14.2 Å². The van der Waals surface area contributed by atoms with Crippen LogP contribution in [-0.2, 0) is 28.6 Å². The SMILES string of the molecule is CC/C=C\C/C=C\C/C=C\C/C=C\C/C=C\C/C=C\C/C=C\CCCCCCCCCCCCCC(=O)OCC(COC(=O)CCCCCCCCCCC)OC(=O)CCCCCCCCCC/C=C\C/C=C\C/C=C\C/C=C\CC. The zero-order valence-corrected chi connectivity index (χ0v) is 52.8. The van der Waals surface area contributed by atoms with Crippen molar-refractivity contribution < 1.29 is 28.6 Å². The lowest BCUT2D eigenvalue weighted by Gasteiger charge is -2.18. The van der Waals surface area contributed by atoms with E-state index in [4.69, 9.17) is 14.2 Å². The quantitative estimate of drug-likeness (QED) is 0.0261. The van der Waals surface area contributed by atoms with Crippen molar-refractivity contribution in [3.8, 4) is 0 Å². The van der Waals surface area contributed by atoms with E-state index in [1.54, 1.807) is 0 Å². The summed E-state index contributed by atoms with van der Waals surface area (Å²) in [5.41, 5.74) is 0. The fraction of sp³-hybridized carbons (Fsp3) is 0.667. The minimum atomic E-state index is -0.786. The zero-order valence-electron chi connectivity index (χ0n) is 52.8. The molecule has 0 radical (unpaired) electrons. The number of carbonyl (C=O) groups excluding carboxylic acids is 3. The summed E-state index contributed by atoms with van der Waals surface area (Å²) in [6.45, 7) is 6.40. The van der Waals surface area contributed by atoms with E-state index in [1.807, 2.05) is 0 Å². The molecule has 0 aromatic heterocycles. The van der Waals surface area contributed by atoms with E-state index < -0.39 is 6.10 Å². The molecule has 0 aromatic carbocycles. The van der Waals surface area contributed by atoms with Gasteiger partial charge in [0, 0.05) is 19.3 Å². The van der Waals surface area contributed by atoms with Crippen molar-refractivity contribution in [2.24, 2.45) is 0 Å². The third-order valence-electron chi connectivity index (χ3n) is 14.2. The van der Waals surface area contributed by atoms with Gasteiger partial charge >= 0.3 is 17.9 Å². The number of rotatable bonds is 60. The Balaban J connectivity index is 4.19. The average molecular weight is 1120 g/mol. The highest BCUT2D eigenvalue weighted by molar-refractivity contribution is 5.71. The number of ether oxygens (including phenoxy) is 3. The van der Waals surface area contributed by atoms with Crippen LogP contribution < -0.4 is 0 Å². The smallest absolute Gasteiger partial charge is 0.306 e. The number of hydrogen-bond acceptors (Lipinski definition) is 6. The molecule has 0 rings (SSSR count).